The average molecular weight is 375 g/mol. The first-order valence-corrected chi connectivity index (χ1v) is 8.93. The van der Waals surface area contributed by atoms with E-state index in [4.69, 9.17) is 21.2 Å². The van der Waals surface area contributed by atoms with E-state index in [0.717, 1.165) is 33.9 Å². The van der Waals surface area contributed by atoms with E-state index in [1.807, 2.05) is 48.7 Å². The van der Waals surface area contributed by atoms with E-state index in [9.17, 15) is 0 Å². The third-order valence-corrected chi connectivity index (χ3v) is 4.37. The highest BCUT2D eigenvalue weighted by Crippen LogP contribution is 2.24. The molecule has 0 aliphatic rings. The van der Waals surface area contributed by atoms with Crippen LogP contribution in [0.25, 0.3) is 22.4 Å². The Kier molecular flexibility index (Phi) is 4.52. The number of fused-ring (bicyclic) bond motifs is 1. The van der Waals surface area contributed by atoms with Crippen molar-refractivity contribution in [1.82, 2.24) is 24.5 Å². The van der Waals surface area contributed by atoms with Crippen LogP contribution in [0.2, 0.25) is 0 Å². The maximum atomic E-state index is 5.82. The summed E-state index contributed by atoms with van der Waals surface area (Å²) >= 11 is 0. The molecule has 0 amide bonds. The molecule has 0 fully saturated rings. The molecule has 4 rings (SSSR count). The first-order chi connectivity index (χ1) is 13.5. The normalized spacial score (nSPS) is 11.1. The highest BCUT2D eigenvalue weighted by molar-refractivity contribution is 5.77. The molecule has 0 spiro atoms. The molecule has 0 radical (unpaired) electrons. The minimum atomic E-state index is 0.362. The second-order valence-corrected chi connectivity index (χ2v) is 6.52. The number of nitrogens with zero attached hydrogens (tertiary/aromatic N) is 5. The van der Waals surface area contributed by atoms with E-state index in [-0.39, 0.29) is 0 Å². The zero-order valence-electron chi connectivity index (χ0n) is 15.8. The number of pyridine rings is 3. The lowest BCUT2D eigenvalue weighted by atomic mass is 10.1. The maximum absolute atomic E-state index is 5.82. The van der Waals surface area contributed by atoms with Gasteiger partial charge in [-0.3, -0.25) is 0 Å². The van der Waals surface area contributed by atoms with Gasteiger partial charge in [-0.1, -0.05) is 6.07 Å². The van der Waals surface area contributed by atoms with Crippen molar-refractivity contribution in [2.24, 2.45) is 0 Å². The van der Waals surface area contributed by atoms with E-state index < -0.39 is 0 Å². The summed E-state index contributed by atoms with van der Waals surface area (Å²) in [6.07, 6.45) is 0. The first-order valence-electron chi connectivity index (χ1n) is 8.93. The summed E-state index contributed by atoms with van der Waals surface area (Å²) in [5.74, 6) is 2.20. The topological polar surface area (TPSA) is 118 Å². The molecule has 0 atom stereocenters. The van der Waals surface area contributed by atoms with Crippen molar-refractivity contribution in [3.63, 3.8) is 0 Å². The molecule has 0 bridgehead atoms. The number of aromatic nitrogens is 5. The van der Waals surface area contributed by atoms with Gasteiger partial charge in [0.05, 0.1) is 12.2 Å². The van der Waals surface area contributed by atoms with Crippen LogP contribution in [0, 0.1) is 13.8 Å². The predicted octanol–water partition coefficient (Wildman–Crippen LogP) is 2.75. The molecular formula is C20H21N7O. The number of aryl methyl sites for hydroxylation is 2. The summed E-state index contributed by atoms with van der Waals surface area (Å²) in [5, 5.41) is 0. The summed E-state index contributed by atoms with van der Waals surface area (Å²) in [6, 6.07) is 13.1. The smallest absolute Gasteiger partial charge is 0.213 e. The van der Waals surface area contributed by atoms with E-state index in [2.05, 4.69) is 15.0 Å². The zero-order valence-corrected chi connectivity index (χ0v) is 15.8. The minimum Gasteiger partial charge on any atom is -0.476 e. The van der Waals surface area contributed by atoms with E-state index >= 15 is 0 Å². The quantitative estimate of drug-likeness (QED) is 0.550. The first kappa shape index (κ1) is 17.7. The van der Waals surface area contributed by atoms with Crippen LogP contribution >= 0.6 is 0 Å². The summed E-state index contributed by atoms with van der Waals surface area (Å²) in [4.78, 5) is 17.7. The lowest BCUT2D eigenvalue weighted by Gasteiger charge is -2.09. The molecule has 0 aromatic carbocycles. The fraction of sp³-hybridized carbons (Fsp3) is 0.200. The lowest BCUT2D eigenvalue weighted by molar-refractivity contribution is 0.287. The molecule has 0 aliphatic heterocycles. The Bertz CT molecular complexity index is 1130. The SMILES string of the molecule is Cc1cccc(OCCn2c(C)nc3ccc(-c4cc(N)nc(N)c4)nc32)n1. The average Bonchev–Trinajstić information content (AvgIpc) is 2.96. The van der Waals surface area contributed by atoms with Crippen molar-refractivity contribution < 1.29 is 4.74 Å². The number of ether oxygens (including phenoxy) is 1. The molecule has 4 N–H and O–H groups in total. The summed E-state index contributed by atoms with van der Waals surface area (Å²) in [6.45, 7) is 4.96. The number of imidazole rings is 1. The molecule has 0 saturated heterocycles. The standard InChI is InChI=1S/C20H21N7O/c1-12-4-3-5-19(23-12)28-9-8-27-13(2)24-16-7-6-15(25-20(16)27)14-10-17(21)26-18(22)11-14/h3-7,10-11H,8-9H2,1-2H3,(H4,21,22,26). The van der Waals surface area contributed by atoms with Gasteiger partial charge in [-0.2, -0.15) is 0 Å². The number of hydrogen-bond acceptors (Lipinski definition) is 7. The number of hydrogen-bond donors (Lipinski definition) is 2. The minimum absolute atomic E-state index is 0.362. The molecule has 142 valence electrons. The van der Waals surface area contributed by atoms with Gasteiger partial charge in [0.15, 0.2) is 5.65 Å². The van der Waals surface area contributed by atoms with Gasteiger partial charge in [0.2, 0.25) is 5.88 Å². The van der Waals surface area contributed by atoms with Gasteiger partial charge < -0.3 is 20.8 Å². The number of anilines is 2. The number of nitrogen functional groups attached to an aromatic ring is 2. The van der Waals surface area contributed by atoms with Crippen molar-refractivity contribution in [2.75, 3.05) is 18.1 Å². The van der Waals surface area contributed by atoms with Gasteiger partial charge >= 0.3 is 0 Å². The van der Waals surface area contributed by atoms with E-state index in [1.165, 1.54) is 0 Å². The van der Waals surface area contributed by atoms with Gasteiger partial charge in [-0.25, -0.2) is 19.9 Å². The molecule has 4 heterocycles. The Morgan fingerprint density at radius 1 is 0.929 bits per heavy atom. The second kappa shape index (κ2) is 7.15. The zero-order chi connectivity index (χ0) is 19.7. The van der Waals surface area contributed by atoms with Crippen molar-refractivity contribution in [2.45, 2.75) is 20.4 Å². The number of nitrogens with two attached hydrogens (primary N) is 2. The van der Waals surface area contributed by atoms with Crippen molar-refractivity contribution >= 4 is 22.8 Å². The Morgan fingerprint density at radius 3 is 2.46 bits per heavy atom. The van der Waals surface area contributed by atoms with Gasteiger partial charge in [0.1, 0.15) is 29.6 Å². The Labute approximate surface area is 162 Å². The predicted molar refractivity (Wildman–Crippen MR) is 109 cm³/mol. The molecule has 0 saturated carbocycles. The highest BCUT2D eigenvalue weighted by Gasteiger charge is 2.12. The number of rotatable bonds is 5. The Balaban J connectivity index is 1.62. The molecule has 28 heavy (non-hydrogen) atoms. The van der Waals surface area contributed by atoms with Crippen LogP contribution in [-0.2, 0) is 6.54 Å². The van der Waals surface area contributed by atoms with E-state index in [1.54, 1.807) is 12.1 Å². The van der Waals surface area contributed by atoms with Crippen LogP contribution < -0.4 is 16.2 Å². The van der Waals surface area contributed by atoms with Gasteiger partial charge in [0, 0.05) is 17.3 Å². The van der Waals surface area contributed by atoms with Crippen LogP contribution in [0.3, 0.4) is 0 Å². The van der Waals surface area contributed by atoms with Crippen molar-refractivity contribution in [3.05, 3.63) is 54.0 Å². The lowest BCUT2D eigenvalue weighted by Crippen LogP contribution is -2.11. The summed E-state index contributed by atoms with van der Waals surface area (Å²) in [5.41, 5.74) is 15.7. The Morgan fingerprint density at radius 2 is 1.71 bits per heavy atom. The van der Waals surface area contributed by atoms with Crippen molar-refractivity contribution in [1.29, 1.82) is 0 Å². The molecule has 8 heteroatoms. The third kappa shape index (κ3) is 3.57. The molecule has 8 nitrogen and oxygen atoms in total. The third-order valence-electron chi connectivity index (χ3n) is 4.37. The maximum Gasteiger partial charge on any atom is 0.213 e. The van der Waals surface area contributed by atoms with Crippen LogP contribution in [0.4, 0.5) is 11.6 Å². The van der Waals surface area contributed by atoms with Gasteiger partial charge in [-0.15, -0.1) is 0 Å². The monoisotopic (exact) mass is 375 g/mol. The van der Waals surface area contributed by atoms with Gasteiger partial charge in [0.25, 0.3) is 0 Å². The van der Waals surface area contributed by atoms with Crippen LogP contribution in [0.1, 0.15) is 11.5 Å². The largest absolute Gasteiger partial charge is 0.476 e. The van der Waals surface area contributed by atoms with E-state index in [0.29, 0.717) is 30.7 Å². The van der Waals surface area contributed by atoms with Crippen LogP contribution in [0.15, 0.2) is 42.5 Å². The van der Waals surface area contributed by atoms with Crippen LogP contribution in [0.5, 0.6) is 5.88 Å². The Hall–Kier alpha value is -3.68. The summed E-state index contributed by atoms with van der Waals surface area (Å²) < 4.78 is 7.81. The molecule has 0 aliphatic carbocycles. The van der Waals surface area contributed by atoms with Crippen LogP contribution in [-0.4, -0.2) is 31.1 Å². The summed E-state index contributed by atoms with van der Waals surface area (Å²) in [7, 11) is 0. The molecule has 4 aromatic heterocycles. The van der Waals surface area contributed by atoms with Gasteiger partial charge in [-0.05, 0) is 44.2 Å². The molecular weight excluding hydrogens is 354 g/mol. The second-order valence-electron chi connectivity index (χ2n) is 6.52. The fourth-order valence-corrected chi connectivity index (χ4v) is 3.11. The molecule has 0 unspecified atom stereocenters. The fourth-order valence-electron chi connectivity index (χ4n) is 3.11. The molecule has 4 aromatic rings. The van der Waals surface area contributed by atoms with Crippen molar-refractivity contribution in [3.8, 4) is 17.1 Å². The highest BCUT2D eigenvalue weighted by atomic mass is 16.5.